The highest BCUT2D eigenvalue weighted by atomic mass is 15.3. The molecule has 0 aliphatic carbocycles. The molecule has 3 rings (SSSR count). The van der Waals surface area contributed by atoms with Gasteiger partial charge in [-0.2, -0.15) is 20.0 Å². The van der Waals surface area contributed by atoms with Crippen LogP contribution in [-0.2, 0) is 13.0 Å². The van der Waals surface area contributed by atoms with Crippen molar-refractivity contribution in [1.29, 1.82) is 5.26 Å². The molecule has 8 heteroatoms. The van der Waals surface area contributed by atoms with E-state index < -0.39 is 0 Å². The van der Waals surface area contributed by atoms with Crippen LogP contribution in [0, 0.1) is 25.2 Å². The van der Waals surface area contributed by atoms with Gasteiger partial charge in [-0.3, -0.25) is 4.68 Å². The van der Waals surface area contributed by atoms with E-state index in [0.29, 0.717) is 29.4 Å². The smallest absolute Gasteiger partial charge is 0.162 e. The van der Waals surface area contributed by atoms with Gasteiger partial charge in [-0.25, -0.2) is 4.98 Å². The highest BCUT2D eigenvalue weighted by Gasteiger charge is 2.16. The monoisotopic (exact) mass is 324 g/mol. The van der Waals surface area contributed by atoms with Crippen LogP contribution in [-0.4, -0.2) is 30.9 Å². The first-order chi connectivity index (χ1) is 11.5. The molecule has 3 heterocycles. The van der Waals surface area contributed by atoms with Crippen LogP contribution < -0.4 is 11.1 Å². The van der Waals surface area contributed by atoms with Crippen molar-refractivity contribution >= 4 is 17.3 Å². The number of hydrogen-bond donors (Lipinski definition) is 2. The second kappa shape index (κ2) is 6.20. The van der Waals surface area contributed by atoms with Gasteiger partial charge in [-0.05, 0) is 26.8 Å². The van der Waals surface area contributed by atoms with Gasteiger partial charge in [0, 0.05) is 31.3 Å². The minimum absolute atomic E-state index is 0.302. The lowest BCUT2D eigenvalue weighted by atomic mass is 10.2. The Hall–Kier alpha value is -3.08. The summed E-state index contributed by atoms with van der Waals surface area (Å²) in [5, 5.41) is 21.4. The minimum atomic E-state index is 0.302. The second-order valence-electron chi connectivity index (χ2n) is 5.62. The first-order valence-electron chi connectivity index (χ1n) is 7.86. The van der Waals surface area contributed by atoms with Crippen molar-refractivity contribution in [3.63, 3.8) is 0 Å². The summed E-state index contributed by atoms with van der Waals surface area (Å²) in [6.45, 7) is 7.35. The predicted molar refractivity (Wildman–Crippen MR) is 91.7 cm³/mol. The largest absolute Gasteiger partial charge is 0.382 e. The lowest BCUT2D eigenvalue weighted by Crippen LogP contribution is -2.12. The molecular weight excluding hydrogens is 304 g/mol. The molecule has 0 aromatic carbocycles. The van der Waals surface area contributed by atoms with Crippen LogP contribution in [0.15, 0.2) is 12.3 Å². The fourth-order valence-corrected chi connectivity index (χ4v) is 2.54. The molecule has 0 aliphatic heterocycles. The maximum absolute atomic E-state index is 9.42. The minimum Gasteiger partial charge on any atom is -0.382 e. The molecule has 0 amide bonds. The summed E-state index contributed by atoms with van der Waals surface area (Å²) in [5.41, 5.74) is 9.87. The third kappa shape index (κ3) is 2.65. The van der Waals surface area contributed by atoms with Gasteiger partial charge in [0.05, 0.1) is 11.4 Å². The third-order valence-electron chi connectivity index (χ3n) is 4.07. The van der Waals surface area contributed by atoms with Crippen LogP contribution in [0.5, 0.6) is 0 Å². The molecule has 0 saturated heterocycles. The number of fused-ring (bicyclic) bond motifs is 1. The van der Waals surface area contributed by atoms with Crippen LogP contribution >= 0.6 is 0 Å². The Balaban J connectivity index is 1.85. The molecule has 0 unspecified atom stereocenters. The van der Waals surface area contributed by atoms with Crippen LogP contribution in [0.3, 0.4) is 0 Å². The quantitative estimate of drug-likeness (QED) is 0.739. The lowest BCUT2D eigenvalue weighted by molar-refractivity contribution is 0.647. The molecule has 0 aliphatic rings. The first-order valence-corrected chi connectivity index (χ1v) is 7.86. The number of rotatable bonds is 5. The molecule has 124 valence electrons. The summed E-state index contributed by atoms with van der Waals surface area (Å²) in [6, 6.07) is 4.11. The van der Waals surface area contributed by atoms with Crippen molar-refractivity contribution in [2.45, 2.75) is 33.7 Å². The molecule has 0 fully saturated rings. The van der Waals surface area contributed by atoms with Gasteiger partial charge in [0.25, 0.3) is 0 Å². The van der Waals surface area contributed by atoms with Crippen LogP contribution in [0.2, 0.25) is 0 Å². The van der Waals surface area contributed by atoms with E-state index in [2.05, 4.69) is 26.6 Å². The Labute approximate surface area is 139 Å². The number of anilines is 2. The number of nitrogens with zero attached hydrogens (tertiary/aromatic N) is 6. The van der Waals surface area contributed by atoms with Gasteiger partial charge < -0.3 is 11.1 Å². The zero-order valence-electron chi connectivity index (χ0n) is 14.0. The number of aromatic nitrogens is 5. The molecule has 3 aromatic heterocycles. The van der Waals surface area contributed by atoms with E-state index in [1.54, 1.807) is 0 Å². The van der Waals surface area contributed by atoms with Crippen molar-refractivity contribution in [3.8, 4) is 6.07 Å². The van der Waals surface area contributed by atoms with Crippen molar-refractivity contribution in [3.05, 3.63) is 34.8 Å². The van der Waals surface area contributed by atoms with Gasteiger partial charge in [0.2, 0.25) is 0 Å². The van der Waals surface area contributed by atoms with E-state index in [1.807, 2.05) is 37.7 Å². The molecule has 0 spiro atoms. The number of hydrogen-bond acceptors (Lipinski definition) is 6. The second-order valence-corrected chi connectivity index (χ2v) is 5.62. The number of nitrogens with one attached hydrogen (secondary N) is 1. The van der Waals surface area contributed by atoms with Crippen LogP contribution in [0.4, 0.5) is 11.6 Å². The highest BCUT2D eigenvalue weighted by molar-refractivity contribution is 5.69. The van der Waals surface area contributed by atoms with E-state index in [0.717, 1.165) is 29.9 Å². The maximum Gasteiger partial charge on any atom is 0.162 e. The number of nitrogens with two attached hydrogens (primary N) is 1. The van der Waals surface area contributed by atoms with Crippen molar-refractivity contribution in [1.82, 2.24) is 24.4 Å². The lowest BCUT2D eigenvalue weighted by Gasteiger charge is -2.10. The molecule has 3 aromatic rings. The van der Waals surface area contributed by atoms with Crippen molar-refractivity contribution in [2.75, 3.05) is 17.6 Å². The number of nitrogen functional groups attached to an aromatic ring is 1. The molecule has 24 heavy (non-hydrogen) atoms. The van der Waals surface area contributed by atoms with Gasteiger partial charge in [-0.1, -0.05) is 0 Å². The zero-order chi connectivity index (χ0) is 17.3. The number of aryl methyl sites for hydroxylation is 3. The fourth-order valence-electron chi connectivity index (χ4n) is 2.54. The molecule has 8 nitrogen and oxygen atoms in total. The summed E-state index contributed by atoms with van der Waals surface area (Å²) in [4.78, 5) is 4.54. The van der Waals surface area contributed by atoms with Gasteiger partial charge in [0.15, 0.2) is 5.65 Å². The Morgan fingerprint density at radius 1 is 1.33 bits per heavy atom. The van der Waals surface area contributed by atoms with Gasteiger partial charge in [-0.15, -0.1) is 0 Å². The summed E-state index contributed by atoms with van der Waals surface area (Å²) in [7, 11) is 0. The maximum atomic E-state index is 9.42. The van der Waals surface area contributed by atoms with E-state index >= 15 is 0 Å². The summed E-state index contributed by atoms with van der Waals surface area (Å²) in [5.74, 6) is 0.789. The number of nitriles is 1. The molecule has 0 atom stereocenters. The average molecular weight is 324 g/mol. The van der Waals surface area contributed by atoms with Crippen molar-refractivity contribution < 1.29 is 0 Å². The van der Waals surface area contributed by atoms with E-state index in [-0.39, 0.29) is 0 Å². The summed E-state index contributed by atoms with van der Waals surface area (Å²) in [6.07, 6.45) is 2.69. The molecule has 0 radical (unpaired) electrons. The summed E-state index contributed by atoms with van der Waals surface area (Å²) < 4.78 is 3.41. The predicted octanol–water partition coefficient (Wildman–Crippen LogP) is 1.67. The third-order valence-corrected chi connectivity index (χ3v) is 4.07. The Bertz CT molecular complexity index is 928. The normalized spacial score (nSPS) is 10.9. The van der Waals surface area contributed by atoms with E-state index in [1.165, 1.54) is 4.52 Å². The van der Waals surface area contributed by atoms with Crippen molar-refractivity contribution in [2.24, 2.45) is 0 Å². The standard InChI is InChI=1S/C16H20N8/c1-4-23-8-6-12(22-23)5-7-19-15-13(9-17)14(18)24-16(20-15)10(2)11(3)21-24/h6,8H,4-5,7,18H2,1-3H3,(H,19,20). The Morgan fingerprint density at radius 3 is 2.79 bits per heavy atom. The van der Waals surface area contributed by atoms with E-state index in [9.17, 15) is 5.26 Å². The highest BCUT2D eigenvalue weighted by Crippen LogP contribution is 2.24. The van der Waals surface area contributed by atoms with Gasteiger partial charge >= 0.3 is 0 Å². The molecule has 0 bridgehead atoms. The molecule has 0 saturated carbocycles. The van der Waals surface area contributed by atoms with Crippen LogP contribution in [0.1, 0.15) is 29.4 Å². The Morgan fingerprint density at radius 2 is 2.12 bits per heavy atom. The van der Waals surface area contributed by atoms with E-state index in [4.69, 9.17) is 5.73 Å². The van der Waals surface area contributed by atoms with Gasteiger partial charge in [0.1, 0.15) is 23.3 Å². The molecule has 3 N–H and O–H groups in total. The summed E-state index contributed by atoms with van der Waals surface area (Å²) >= 11 is 0. The average Bonchev–Trinajstić information content (AvgIpc) is 3.14. The zero-order valence-corrected chi connectivity index (χ0v) is 14.0. The first kappa shape index (κ1) is 15.8. The van der Waals surface area contributed by atoms with Crippen LogP contribution in [0.25, 0.3) is 5.65 Å². The fraction of sp³-hybridized carbons (Fsp3) is 0.375. The Kier molecular flexibility index (Phi) is 4.08. The topological polar surface area (TPSA) is 110 Å². The SMILES string of the molecule is CCn1ccc(CCNc2nc3c(C)c(C)nn3c(N)c2C#N)n1. The molecular formula is C16H20N8.